The summed E-state index contributed by atoms with van der Waals surface area (Å²) in [5.74, 6) is -0.247. The maximum absolute atomic E-state index is 12.7. The summed E-state index contributed by atoms with van der Waals surface area (Å²) in [4.78, 5) is 25.3. The molecule has 0 saturated heterocycles. The molecule has 3 aromatic rings. The molecule has 0 aromatic heterocycles. The molecule has 1 unspecified atom stereocenters. The van der Waals surface area contributed by atoms with Crippen LogP contribution in [0.4, 0.5) is 0 Å². The number of carboxylic acids is 1. The normalized spacial score (nSPS) is 11.7. The van der Waals surface area contributed by atoms with Crippen LogP contribution in [0.2, 0.25) is 0 Å². The molecule has 3 rings (SSSR count). The fraction of sp³-hybridized carbons (Fsp3) is 0.333. The lowest BCUT2D eigenvalue weighted by Crippen LogP contribution is -2.30. The first-order valence-corrected chi connectivity index (χ1v) is 12.1. The third-order valence-corrected chi connectivity index (χ3v) is 6.33. The molecule has 0 aliphatic carbocycles. The topological polar surface area (TPSA) is 57.6 Å². The third kappa shape index (κ3) is 8.51. The number of nitrogens with zero attached hydrogens (tertiary/aromatic N) is 1. The van der Waals surface area contributed by atoms with Gasteiger partial charge in [-0.1, -0.05) is 91.3 Å². The molecule has 4 heteroatoms. The van der Waals surface area contributed by atoms with E-state index in [0.29, 0.717) is 25.3 Å². The first-order valence-electron chi connectivity index (χ1n) is 12.1. The number of carbonyl (C=O) groups is 2. The zero-order valence-corrected chi connectivity index (χ0v) is 20.0. The van der Waals surface area contributed by atoms with Crippen molar-refractivity contribution >= 4 is 11.9 Å². The summed E-state index contributed by atoms with van der Waals surface area (Å²) in [5, 5.41) is 8.91. The van der Waals surface area contributed by atoms with Crippen LogP contribution in [0.25, 0.3) is 0 Å². The van der Waals surface area contributed by atoms with E-state index in [2.05, 4.69) is 60.7 Å². The minimum Gasteiger partial charge on any atom is -0.481 e. The average Bonchev–Trinajstić information content (AvgIpc) is 2.86. The number of likely N-dealkylation sites (N-methyl/N-ethyl adjacent to an activating group) is 1. The number of hydrogen-bond acceptors (Lipinski definition) is 2. The van der Waals surface area contributed by atoms with E-state index in [1.54, 1.807) is 0 Å². The second-order valence-electron chi connectivity index (χ2n) is 9.00. The lowest BCUT2D eigenvalue weighted by Gasteiger charge is -2.19. The molecule has 4 nitrogen and oxygen atoms in total. The van der Waals surface area contributed by atoms with Crippen LogP contribution in [0.1, 0.15) is 53.9 Å². The highest BCUT2D eigenvalue weighted by Gasteiger charge is 2.14. The van der Waals surface area contributed by atoms with Gasteiger partial charge in [0.15, 0.2) is 0 Å². The molecule has 0 bridgehead atoms. The molecule has 0 fully saturated rings. The molecule has 34 heavy (non-hydrogen) atoms. The van der Waals surface area contributed by atoms with Crippen molar-refractivity contribution in [2.45, 2.75) is 50.9 Å². The first kappa shape index (κ1) is 25.2. The highest BCUT2D eigenvalue weighted by molar-refractivity contribution is 5.78. The number of hydrogen-bond donors (Lipinski definition) is 1. The highest BCUT2D eigenvalue weighted by Crippen LogP contribution is 2.27. The molecule has 0 heterocycles. The Kier molecular flexibility index (Phi) is 9.90. The summed E-state index contributed by atoms with van der Waals surface area (Å²) >= 11 is 0. The zero-order chi connectivity index (χ0) is 24.2. The van der Waals surface area contributed by atoms with Crippen molar-refractivity contribution in [1.82, 2.24) is 4.90 Å². The molecular formula is C30H35NO3. The average molecular weight is 458 g/mol. The van der Waals surface area contributed by atoms with Crippen molar-refractivity contribution in [1.29, 1.82) is 0 Å². The van der Waals surface area contributed by atoms with Gasteiger partial charge in [0.25, 0.3) is 0 Å². The van der Waals surface area contributed by atoms with E-state index in [1.807, 2.05) is 36.2 Å². The van der Waals surface area contributed by atoms with Crippen molar-refractivity contribution in [2.75, 3.05) is 13.6 Å². The van der Waals surface area contributed by atoms with Gasteiger partial charge in [0.2, 0.25) is 5.91 Å². The molecule has 1 N–H and O–H groups in total. The smallest absolute Gasteiger partial charge is 0.303 e. The van der Waals surface area contributed by atoms with E-state index in [9.17, 15) is 9.59 Å². The Bertz CT molecular complexity index is 1020. The fourth-order valence-electron chi connectivity index (χ4n) is 4.23. The van der Waals surface area contributed by atoms with Gasteiger partial charge in [-0.25, -0.2) is 0 Å². The Balaban J connectivity index is 1.53. The number of carboxylic acid groups (broad SMARTS) is 1. The lowest BCUT2D eigenvalue weighted by atomic mass is 9.87. The summed E-state index contributed by atoms with van der Waals surface area (Å²) in [6, 6.07) is 29.0. The van der Waals surface area contributed by atoms with Gasteiger partial charge in [0.1, 0.15) is 0 Å². The summed E-state index contributed by atoms with van der Waals surface area (Å²) in [6.07, 6.45) is 4.96. The number of carbonyl (C=O) groups excluding carboxylic acids is 1. The van der Waals surface area contributed by atoms with Gasteiger partial charge in [-0.15, -0.1) is 0 Å². The standard InChI is InChI=1S/C30H35NO3/c1-31(21-20-24-10-4-2-5-11-24)29(32)23-26-18-16-25(17-19-26)22-28(14-8-9-15-30(33)34)27-12-6-3-7-13-27/h2-7,10-13,16-19,28H,8-9,14-15,20-23H2,1H3,(H,33,34). The van der Waals surface area contributed by atoms with Crippen molar-refractivity contribution in [3.63, 3.8) is 0 Å². The van der Waals surface area contributed by atoms with Crippen LogP contribution >= 0.6 is 0 Å². The summed E-state index contributed by atoms with van der Waals surface area (Å²) in [5.41, 5.74) is 4.79. The molecule has 1 amide bonds. The SMILES string of the molecule is CN(CCc1ccccc1)C(=O)Cc1ccc(CC(CCCCC(=O)O)c2ccccc2)cc1. The maximum atomic E-state index is 12.7. The number of benzene rings is 3. The molecule has 0 aliphatic rings. The van der Waals surface area contributed by atoms with E-state index in [-0.39, 0.29) is 12.3 Å². The molecule has 0 aliphatic heterocycles. The van der Waals surface area contributed by atoms with Crippen molar-refractivity contribution < 1.29 is 14.7 Å². The minimum absolute atomic E-state index is 0.129. The number of aliphatic carboxylic acids is 1. The molecule has 3 aromatic carbocycles. The van der Waals surface area contributed by atoms with Gasteiger partial charge in [-0.3, -0.25) is 9.59 Å². The molecule has 0 spiro atoms. The monoisotopic (exact) mass is 457 g/mol. The Morgan fingerprint density at radius 3 is 2.06 bits per heavy atom. The molecule has 0 saturated carbocycles. The Morgan fingerprint density at radius 2 is 1.41 bits per heavy atom. The second-order valence-corrected chi connectivity index (χ2v) is 9.00. The van der Waals surface area contributed by atoms with Crippen molar-refractivity contribution in [3.05, 3.63) is 107 Å². The number of unbranched alkanes of at least 4 members (excludes halogenated alkanes) is 1. The maximum Gasteiger partial charge on any atom is 0.303 e. The van der Waals surface area contributed by atoms with E-state index in [1.165, 1.54) is 16.7 Å². The predicted molar refractivity (Wildman–Crippen MR) is 137 cm³/mol. The van der Waals surface area contributed by atoms with Crippen LogP contribution in [-0.2, 0) is 28.9 Å². The largest absolute Gasteiger partial charge is 0.481 e. The van der Waals surface area contributed by atoms with Gasteiger partial charge >= 0.3 is 5.97 Å². The summed E-state index contributed by atoms with van der Waals surface area (Å²) in [7, 11) is 1.87. The van der Waals surface area contributed by atoms with E-state index in [4.69, 9.17) is 5.11 Å². The van der Waals surface area contributed by atoms with E-state index < -0.39 is 5.97 Å². The number of rotatable bonds is 13. The van der Waals surface area contributed by atoms with Crippen LogP contribution in [-0.4, -0.2) is 35.5 Å². The van der Waals surface area contributed by atoms with Gasteiger partial charge in [0, 0.05) is 20.0 Å². The molecule has 178 valence electrons. The van der Waals surface area contributed by atoms with Crippen LogP contribution < -0.4 is 0 Å². The lowest BCUT2D eigenvalue weighted by molar-refractivity contribution is -0.137. The van der Waals surface area contributed by atoms with Crippen LogP contribution in [0.3, 0.4) is 0 Å². The Morgan fingerprint density at radius 1 is 0.794 bits per heavy atom. The second kappa shape index (κ2) is 13.3. The van der Waals surface area contributed by atoms with Crippen LogP contribution in [0.5, 0.6) is 0 Å². The van der Waals surface area contributed by atoms with E-state index in [0.717, 1.165) is 31.2 Å². The zero-order valence-electron chi connectivity index (χ0n) is 20.0. The molecule has 0 radical (unpaired) electrons. The summed E-state index contributed by atoms with van der Waals surface area (Å²) < 4.78 is 0. The van der Waals surface area contributed by atoms with Crippen molar-refractivity contribution in [2.24, 2.45) is 0 Å². The van der Waals surface area contributed by atoms with Crippen LogP contribution in [0, 0.1) is 0 Å². The first-order chi connectivity index (χ1) is 16.5. The quantitative estimate of drug-likeness (QED) is 0.325. The Hall–Kier alpha value is -3.40. The van der Waals surface area contributed by atoms with Gasteiger partial charge in [-0.2, -0.15) is 0 Å². The van der Waals surface area contributed by atoms with Gasteiger partial charge < -0.3 is 10.0 Å². The third-order valence-electron chi connectivity index (χ3n) is 6.33. The fourth-order valence-corrected chi connectivity index (χ4v) is 4.23. The Labute approximate surface area is 203 Å². The van der Waals surface area contributed by atoms with Crippen molar-refractivity contribution in [3.8, 4) is 0 Å². The summed E-state index contributed by atoms with van der Waals surface area (Å²) in [6.45, 7) is 0.710. The highest BCUT2D eigenvalue weighted by atomic mass is 16.4. The molecule has 1 atom stereocenters. The molecular weight excluding hydrogens is 422 g/mol. The number of amides is 1. The van der Waals surface area contributed by atoms with E-state index >= 15 is 0 Å². The van der Waals surface area contributed by atoms with Gasteiger partial charge in [-0.05, 0) is 53.9 Å². The van der Waals surface area contributed by atoms with Gasteiger partial charge in [0.05, 0.1) is 6.42 Å². The minimum atomic E-state index is -0.730. The van der Waals surface area contributed by atoms with Crippen LogP contribution in [0.15, 0.2) is 84.9 Å². The predicted octanol–water partition coefficient (Wildman–Crippen LogP) is 5.90.